The number of Topliss-reactive ketones (excluding diaryl/α,β-unsaturated/α-hetero) is 1. The molecule has 2 aromatic rings. The van der Waals surface area contributed by atoms with E-state index in [0.717, 1.165) is 6.42 Å². The lowest BCUT2D eigenvalue weighted by molar-refractivity contribution is 0.0976. The van der Waals surface area contributed by atoms with Crippen LogP contribution in [0.25, 0.3) is 0 Å². The number of hydrogen-bond acceptors (Lipinski definition) is 5. The predicted molar refractivity (Wildman–Crippen MR) is 97.6 cm³/mol. The summed E-state index contributed by atoms with van der Waals surface area (Å²) in [5.41, 5.74) is 2.40. The van der Waals surface area contributed by atoms with Crippen molar-refractivity contribution in [2.24, 2.45) is 0 Å². The Labute approximate surface area is 148 Å². The first-order valence-electron chi connectivity index (χ1n) is 8.17. The number of phenols is 2. The molecular weight excluding hydrogens is 318 g/mol. The third-order valence-electron chi connectivity index (χ3n) is 4.24. The number of benzene rings is 2. The van der Waals surface area contributed by atoms with Gasteiger partial charge in [0, 0.05) is 5.54 Å². The number of rotatable bonds is 7. The highest BCUT2D eigenvalue weighted by Gasteiger charge is 2.23. The molecule has 0 bridgehead atoms. The molecule has 2 aromatic carbocycles. The monoisotopic (exact) mass is 343 g/mol. The fourth-order valence-electron chi connectivity index (χ4n) is 2.75. The first-order chi connectivity index (χ1) is 11.7. The van der Waals surface area contributed by atoms with E-state index in [2.05, 4.69) is 24.4 Å². The van der Waals surface area contributed by atoms with E-state index in [1.165, 1.54) is 30.4 Å². The second-order valence-electron chi connectivity index (χ2n) is 6.78. The first kappa shape index (κ1) is 18.8. The van der Waals surface area contributed by atoms with Crippen LogP contribution in [0, 0.1) is 6.92 Å². The van der Waals surface area contributed by atoms with Crippen molar-refractivity contribution >= 4 is 5.78 Å². The minimum Gasteiger partial charge on any atom is -0.504 e. The van der Waals surface area contributed by atoms with Crippen LogP contribution in [0.5, 0.6) is 17.2 Å². The molecule has 0 aliphatic heterocycles. The van der Waals surface area contributed by atoms with Crippen molar-refractivity contribution in [3.05, 3.63) is 53.1 Å². The van der Waals surface area contributed by atoms with Crippen LogP contribution in [-0.4, -0.2) is 35.2 Å². The summed E-state index contributed by atoms with van der Waals surface area (Å²) in [6.07, 6.45) is 0.783. The van der Waals surface area contributed by atoms with Crippen LogP contribution in [0.2, 0.25) is 0 Å². The number of ketones is 1. The van der Waals surface area contributed by atoms with Gasteiger partial charge in [0.25, 0.3) is 0 Å². The van der Waals surface area contributed by atoms with Gasteiger partial charge >= 0.3 is 0 Å². The van der Waals surface area contributed by atoms with E-state index in [-0.39, 0.29) is 34.9 Å². The fourth-order valence-corrected chi connectivity index (χ4v) is 2.75. The highest BCUT2D eigenvalue weighted by atomic mass is 16.5. The molecule has 0 aliphatic carbocycles. The minimum atomic E-state index is -0.424. The molecule has 3 N–H and O–H groups in total. The Morgan fingerprint density at radius 2 is 1.84 bits per heavy atom. The van der Waals surface area contributed by atoms with Gasteiger partial charge in [0.1, 0.15) is 0 Å². The topological polar surface area (TPSA) is 78.8 Å². The smallest absolute Gasteiger partial charge is 0.201 e. The maximum atomic E-state index is 12.5. The van der Waals surface area contributed by atoms with Crippen molar-refractivity contribution in [2.75, 3.05) is 13.7 Å². The van der Waals surface area contributed by atoms with Crippen LogP contribution in [0.15, 0.2) is 36.4 Å². The van der Waals surface area contributed by atoms with Gasteiger partial charge in [-0.2, -0.15) is 0 Å². The number of carbonyl (C=O) groups is 1. The van der Waals surface area contributed by atoms with Gasteiger partial charge in [-0.15, -0.1) is 0 Å². The molecule has 0 amide bonds. The Morgan fingerprint density at radius 3 is 2.48 bits per heavy atom. The number of carbonyl (C=O) groups excluding carboxylic acids is 1. The second kappa shape index (κ2) is 7.57. The third kappa shape index (κ3) is 4.51. The van der Waals surface area contributed by atoms with Crippen LogP contribution >= 0.6 is 0 Å². The van der Waals surface area contributed by atoms with Crippen molar-refractivity contribution in [2.45, 2.75) is 32.7 Å². The van der Waals surface area contributed by atoms with Crippen LogP contribution in [-0.2, 0) is 6.42 Å². The van der Waals surface area contributed by atoms with E-state index < -0.39 is 5.75 Å². The Hall–Kier alpha value is -2.53. The molecule has 0 spiro atoms. The zero-order chi connectivity index (χ0) is 18.6. The molecule has 2 rings (SSSR count). The van der Waals surface area contributed by atoms with Crippen molar-refractivity contribution < 1.29 is 19.7 Å². The van der Waals surface area contributed by atoms with E-state index in [1.807, 2.05) is 26.0 Å². The lowest BCUT2D eigenvalue weighted by Gasteiger charge is -2.27. The molecule has 0 fully saturated rings. The van der Waals surface area contributed by atoms with Crippen molar-refractivity contribution in [3.63, 3.8) is 0 Å². The quantitative estimate of drug-likeness (QED) is 0.531. The summed E-state index contributed by atoms with van der Waals surface area (Å²) in [7, 11) is 1.35. The molecule has 5 nitrogen and oxygen atoms in total. The third-order valence-corrected chi connectivity index (χ3v) is 4.24. The predicted octanol–water partition coefficient (Wildman–Crippen LogP) is 3.21. The van der Waals surface area contributed by atoms with E-state index in [0.29, 0.717) is 0 Å². The minimum absolute atomic E-state index is 0.0106. The number of aryl methyl sites for hydroxylation is 1. The molecule has 5 heteroatoms. The molecule has 0 aliphatic rings. The van der Waals surface area contributed by atoms with Gasteiger partial charge in [0.15, 0.2) is 17.3 Å². The summed E-state index contributed by atoms with van der Waals surface area (Å²) in [6, 6.07) is 10.9. The molecule has 0 atom stereocenters. The van der Waals surface area contributed by atoms with E-state index in [1.54, 1.807) is 0 Å². The number of methoxy groups -OCH3 is 1. The summed E-state index contributed by atoms with van der Waals surface area (Å²) in [4.78, 5) is 12.5. The van der Waals surface area contributed by atoms with Crippen LogP contribution in [0.3, 0.4) is 0 Å². The van der Waals surface area contributed by atoms with Gasteiger partial charge < -0.3 is 20.3 Å². The molecule has 0 unspecified atom stereocenters. The number of hydrogen-bond donors (Lipinski definition) is 3. The summed E-state index contributed by atoms with van der Waals surface area (Å²) >= 11 is 0. The summed E-state index contributed by atoms with van der Waals surface area (Å²) in [5, 5.41) is 22.6. The molecular formula is C20H25NO4. The molecule has 0 saturated heterocycles. The van der Waals surface area contributed by atoms with E-state index in [9.17, 15) is 15.0 Å². The lowest BCUT2D eigenvalue weighted by atomic mass is 9.92. The van der Waals surface area contributed by atoms with Gasteiger partial charge in [-0.05, 0) is 50.5 Å². The van der Waals surface area contributed by atoms with Gasteiger partial charge in [0.05, 0.1) is 19.2 Å². The Kier molecular flexibility index (Phi) is 5.69. The normalized spacial score (nSPS) is 11.4. The standard InChI is InChI=1S/C20H25NO4/c1-13-7-5-6-8-14(13)11-20(2,3)21-12-17(23)15-9-10-16(22)18(24)19(15)25-4/h5-10,21-22,24H,11-12H2,1-4H3. The summed E-state index contributed by atoms with van der Waals surface area (Å²) < 4.78 is 5.06. The second-order valence-corrected chi connectivity index (χ2v) is 6.78. The van der Waals surface area contributed by atoms with Crippen molar-refractivity contribution in [3.8, 4) is 17.2 Å². The van der Waals surface area contributed by atoms with Gasteiger partial charge in [-0.3, -0.25) is 4.79 Å². The van der Waals surface area contributed by atoms with E-state index >= 15 is 0 Å². The average molecular weight is 343 g/mol. The zero-order valence-corrected chi connectivity index (χ0v) is 15.1. The fraction of sp³-hybridized carbons (Fsp3) is 0.350. The largest absolute Gasteiger partial charge is 0.504 e. The number of nitrogens with one attached hydrogen (secondary N) is 1. The molecule has 0 radical (unpaired) electrons. The van der Waals surface area contributed by atoms with Crippen LogP contribution in [0.4, 0.5) is 0 Å². The molecule has 0 saturated carbocycles. The highest BCUT2D eigenvalue weighted by molar-refractivity contribution is 6.01. The number of ether oxygens (including phenoxy) is 1. The van der Waals surface area contributed by atoms with Gasteiger partial charge in [-0.1, -0.05) is 24.3 Å². The maximum Gasteiger partial charge on any atom is 0.201 e. The van der Waals surface area contributed by atoms with Crippen LogP contribution < -0.4 is 10.1 Å². The average Bonchev–Trinajstić information content (AvgIpc) is 2.57. The molecule has 0 heterocycles. The summed E-state index contributed by atoms with van der Waals surface area (Å²) in [5.74, 6) is -0.970. The van der Waals surface area contributed by atoms with Crippen LogP contribution in [0.1, 0.15) is 35.3 Å². The molecule has 134 valence electrons. The number of aromatic hydroxyl groups is 2. The van der Waals surface area contributed by atoms with Gasteiger partial charge in [-0.25, -0.2) is 0 Å². The Morgan fingerprint density at radius 1 is 1.16 bits per heavy atom. The van der Waals surface area contributed by atoms with Crippen molar-refractivity contribution in [1.29, 1.82) is 0 Å². The van der Waals surface area contributed by atoms with Gasteiger partial charge in [0.2, 0.25) is 5.75 Å². The lowest BCUT2D eigenvalue weighted by Crippen LogP contribution is -2.44. The SMILES string of the molecule is COc1c(C(=O)CNC(C)(C)Cc2ccccc2C)ccc(O)c1O. The number of phenolic OH excluding ortho intramolecular Hbond substituents is 2. The maximum absolute atomic E-state index is 12.5. The van der Waals surface area contributed by atoms with Crippen molar-refractivity contribution in [1.82, 2.24) is 5.32 Å². The highest BCUT2D eigenvalue weighted by Crippen LogP contribution is 2.38. The Balaban J connectivity index is 2.09. The molecule has 0 aromatic heterocycles. The van der Waals surface area contributed by atoms with E-state index in [4.69, 9.17) is 4.74 Å². The first-order valence-corrected chi connectivity index (χ1v) is 8.17. The molecule has 25 heavy (non-hydrogen) atoms. The summed E-state index contributed by atoms with van der Waals surface area (Å²) in [6.45, 7) is 6.25. The Bertz CT molecular complexity index is 768. The zero-order valence-electron chi connectivity index (χ0n) is 15.1.